The molecule has 132 valence electrons. The maximum Gasteiger partial charge on any atom is 0.416 e. The molecule has 1 aromatic rings. The SMILES string of the molecule is CC(C)N1CC(c2ccccc2C(F)(F)F)C2(CCNCC2)C1=O. The second kappa shape index (κ2) is 6.06. The molecular formula is C18H23F3N2O. The van der Waals surface area contributed by atoms with Gasteiger partial charge >= 0.3 is 6.18 Å². The Labute approximate surface area is 140 Å². The second-order valence-electron chi connectivity index (χ2n) is 7.09. The molecule has 2 aliphatic rings. The van der Waals surface area contributed by atoms with Gasteiger partial charge in [-0.25, -0.2) is 0 Å². The summed E-state index contributed by atoms with van der Waals surface area (Å²) in [6, 6.07) is 5.73. The number of hydrogen-bond acceptors (Lipinski definition) is 2. The first-order valence-electron chi connectivity index (χ1n) is 8.45. The van der Waals surface area contributed by atoms with E-state index in [2.05, 4.69) is 5.32 Å². The quantitative estimate of drug-likeness (QED) is 0.895. The van der Waals surface area contributed by atoms with E-state index in [0.29, 0.717) is 32.5 Å². The highest BCUT2D eigenvalue weighted by atomic mass is 19.4. The Morgan fingerprint density at radius 2 is 1.83 bits per heavy atom. The van der Waals surface area contributed by atoms with E-state index in [0.717, 1.165) is 6.07 Å². The fraction of sp³-hybridized carbons (Fsp3) is 0.611. The number of halogens is 3. The number of alkyl halides is 3. The smallest absolute Gasteiger partial charge is 0.339 e. The zero-order valence-corrected chi connectivity index (χ0v) is 14.0. The molecule has 3 nitrogen and oxygen atoms in total. The van der Waals surface area contributed by atoms with Crippen LogP contribution >= 0.6 is 0 Å². The first-order chi connectivity index (χ1) is 11.3. The van der Waals surface area contributed by atoms with E-state index in [1.807, 2.05) is 13.8 Å². The Bertz CT molecular complexity index is 621. The maximum absolute atomic E-state index is 13.5. The van der Waals surface area contributed by atoms with Gasteiger partial charge in [-0.2, -0.15) is 13.2 Å². The molecule has 6 heteroatoms. The zero-order chi connectivity index (χ0) is 17.5. The summed E-state index contributed by atoms with van der Waals surface area (Å²) in [6.07, 6.45) is -3.23. The normalized spacial score (nSPS) is 24.2. The van der Waals surface area contributed by atoms with Crippen molar-refractivity contribution in [3.63, 3.8) is 0 Å². The van der Waals surface area contributed by atoms with E-state index in [-0.39, 0.29) is 17.5 Å². The van der Waals surface area contributed by atoms with Crippen LogP contribution in [0.5, 0.6) is 0 Å². The number of hydrogen-bond donors (Lipinski definition) is 1. The number of carbonyl (C=O) groups is 1. The van der Waals surface area contributed by atoms with Gasteiger partial charge in [0.15, 0.2) is 0 Å². The molecule has 2 saturated heterocycles. The van der Waals surface area contributed by atoms with E-state index >= 15 is 0 Å². The van der Waals surface area contributed by atoms with Crippen molar-refractivity contribution in [2.24, 2.45) is 5.41 Å². The van der Waals surface area contributed by atoms with Gasteiger partial charge in [0.25, 0.3) is 0 Å². The molecule has 2 heterocycles. The van der Waals surface area contributed by atoms with Crippen molar-refractivity contribution in [2.45, 2.75) is 44.8 Å². The summed E-state index contributed by atoms with van der Waals surface area (Å²) >= 11 is 0. The standard InChI is InChI=1S/C18H23F3N2O/c1-12(2)23-11-15(17(16(23)24)7-9-22-10-8-17)13-5-3-4-6-14(13)18(19,20)21/h3-6,12,15,22H,7-11H2,1-2H3. The predicted octanol–water partition coefficient (Wildman–Crippen LogP) is 3.41. The van der Waals surface area contributed by atoms with Crippen LogP contribution in [0, 0.1) is 5.41 Å². The third-order valence-electron chi connectivity index (χ3n) is 5.49. The summed E-state index contributed by atoms with van der Waals surface area (Å²) in [4.78, 5) is 14.8. The average molecular weight is 340 g/mol. The van der Waals surface area contributed by atoms with Crippen molar-refractivity contribution in [3.05, 3.63) is 35.4 Å². The van der Waals surface area contributed by atoms with Gasteiger partial charge < -0.3 is 10.2 Å². The Hall–Kier alpha value is -1.56. The van der Waals surface area contributed by atoms with Crippen LogP contribution in [0.4, 0.5) is 13.2 Å². The molecule has 24 heavy (non-hydrogen) atoms. The van der Waals surface area contributed by atoms with Crippen molar-refractivity contribution in [1.82, 2.24) is 10.2 Å². The van der Waals surface area contributed by atoms with E-state index < -0.39 is 23.1 Å². The summed E-state index contributed by atoms with van der Waals surface area (Å²) < 4.78 is 40.5. The Morgan fingerprint density at radius 3 is 2.42 bits per heavy atom. The summed E-state index contributed by atoms with van der Waals surface area (Å²) in [5, 5.41) is 3.22. The number of nitrogens with one attached hydrogen (secondary N) is 1. The highest BCUT2D eigenvalue weighted by Gasteiger charge is 2.56. The number of piperidine rings is 1. The molecule has 0 saturated carbocycles. The van der Waals surface area contributed by atoms with Gasteiger partial charge in [0.1, 0.15) is 0 Å². The van der Waals surface area contributed by atoms with Crippen LogP contribution in [-0.2, 0) is 11.0 Å². The number of carbonyl (C=O) groups excluding carboxylic acids is 1. The lowest BCUT2D eigenvalue weighted by Crippen LogP contribution is -2.45. The first kappa shape index (κ1) is 17.3. The second-order valence-corrected chi connectivity index (χ2v) is 7.09. The van der Waals surface area contributed by atoms with Gasteiger partial charge in [-0.15, -0.1) is 0 Å². The van der Waals surface area contributed by atoms with Gasteiger partial charge in [-0.3, -0.25) is 4.79 Å². The molecule has 1 amide bonds. The molecule has 0 aromatic heterocycles. The van der Waals surface area contributed by atoms with Crippen molar-refractivity contribution in [1.29, 1.82) is 0 Å². The van der Waals surface area contributed by atoms with Gasteiger partial charge in [-0.05, 0) is 51.4 Å². The van der Waals surface area contributed by atoms with Crippen LogP contribution in [0.2, 0.25) is 0 Å². The van der Waals surface area contributed by atoms with Crippen molar-refractivity contribution < 1.29 is 18.0 Å². The highest BCUT2D eigenvalue weighted by molar-refractivity contribution is 5.87. The number of rotatable bonds is 2. The molecule has 2 aliphatic heterocycles. The topological polar surface area (TPSA) is 32.3 Å². The van der Waals surface area contributed by atoms with Gasteiger partial charge in [0, 0.05) is 18.5 Å². The highest BCUT2D eigenvalue weighted by Crippen LogP contribution is 2.52. The first-order valence-corrected chi connectivity index (χ1v) is 8.45. The monoisotopic (exact) mass is 340 g/mol. The number of amides is 1. The maximum atomic E-state index is 13.5. The summed E-state index contributed by atoms with van der Waals surface area (Å²) in [5.41, 5.74) is -1.05. The van der Waals surface area contributed by atoms with E-state index in [9.17, 15) is 18.0 Å². The molecule has 2 fully saturated rings. The average Bonchev–Trinajstić information content (AvgIpc) is 2.81. The van der Waals surface area contributed by atoms with Crippen LogP contribution < -0.4 is 5.32 Å². The molecule has 1 unspecified atom stereocenters. The molecule has 0 bridgehead atoms. The fourth-order valence-corrected chi connectivity index (χ4v) is 4.22. The minimum atomic E-state index is -4.40. The molecular weight excluding hydrogens is 317 g/mol. The molecule has 1 atom stereocenters. The number of benzene rings is 1. The van der Waals surface area contributed by atoms with Crippen molar-refractivity contribution in [2.75, 3.05) is 19.6 Å². The number of nitrogens with zero attached hydrogens (tertiary/aromatic N) is 1. The summed E-state index contributed by atoms with van der Waals surface area (Å²) in [7, 11) is 0. The third kappa shape index (κ3) is 2.70. The number of likely N-dealkylation sites (tertiary alicyclic amines) is 1. The van der Waals surface area contributed by atoms with Crippen LogP contribution in [0.1, 0.15) is 43.7 Å². The third-order valence-corrected chi connectivity index (χ3v) is 5.49. The molecule has 1 N–H and O–H groups in total. The van der Waals surface area contributed by atoms with E-state index in [1.54, 1.807) is 17.0 Å². The molecule has 0 radical (unpaired) electrons. The summed E-state index contributed by atoms with van der Waals surface area (Å²) in [6.45, 7) is 5.55. The van der Waals surface area contributed by atoms with Crippen LogP contribution in [0.15, 0.2) is 24.3 Å². The minimum absolute atomic E-state index is 0.00712. The van der Waals surface area contributed by atoms with Crippen LogP contribution in [-0.4, -0.2) is 36.5 Å². The predicted molar refractivity (Wildman–Crippen MR) is 85.6 cm³/mol. The molecule has 0 aliphatic carbocycles. The lowest BCUT2D eigenvalue weighted by atomic mass is 9.67. The molecule has 3 rings (SSSR count). The van der Waals surface area contributed by atoms with Gasteiger partial charge in [-0.1, -0.05) is 18.2 Å². The summed E-state index contributed by atoms with van der Waals surface area (Å²) in [5.74, 6) is -0.395. The minimum Gasteiger partial charge on any atom is -0.339 e. The lowest BCUT2D eigenvalue weighted by molar-refractivity contribution is -0.141. The van der Waals surface area contributed by atoms with Crippen molar-refractivity contribution in [3.8, 4) is 0 Å². The van der Waals surface area contributed by atoms with E-state index in [1.165, 1.54) is 6.07 Å². The van der Waals surface area contributed by atoms with E-state index in [4.69, 9.17) is 0 Å². The van der Waals surface area contributed by atoms with Gasteiger partial charge in [0.05, 0.1) is 11.0 Å². The van der Waals surface area contributed by atoms with Crippen molar-refractivity contribution >= 4 is 5.91 Å². The zero-order valence-electron chi connectivity index (χ0n) is 14.0. The molecule has 1 spiro atoms. The Kier molecular flexibility index (Phi) is 4.36. The molecule has 1 aromatic carbocycles. The van der Waals surface area contributed by atoms with Crippen LogP contribution in [0.3, 0.4) is 0 Å². The van der Waals surface area contributed by atoms with Crippen LogP contribution in [0.25, 0.3) is 0 Å². The Morgan fingerprint density at radius 1 is 1.21 bits per heavy atom. The Balaban J connectivity index is 2.10. The fourth-order valence-electron chi connectivity index (χ4n) is 4.22. The lowest BCUT2D eigenvalue weighted by Gasteiger charge is -2.37. The largest absolute Gasteiger partial charge is 0.416 e. The van der Waals surface area contributed by atoms with Gasteiger partial charge in [0.2, 0.25) is 5.91 Å².